The maximum absolute atomic E-state index is 5.69. The predicted molar refractivity (Wildman–Crippen MR) is 65.6 cm³/mol. The van der Waals surface area contributed by atoms with E-state index in [2.05, 4.69) is 14.9 Å². The van der Waals surface area contributed by atoms with E-state index in [1.54, 1.807) is 19.5 Å². The SMILES string of the molecule is COc1nccnc1CN1CCC(CN)CC1. The van der Waals surface area contributed by atoms with E-state index in [9.17, 15) is 0 Å². The highest BCUT2D eigenvalue weighted by molar-refractivity contribution is 5.16. The summed E-state index contributed by atoms with van der Waals surface area (Å²) < 4.78 is 5.21. The van der Waals surface area contributed by atoms with Gasteiger partial charge in [0.15, 0.2) is 0 Å². The van der Waals surface area contributed by atoms with Crippen LogP contribution in [0.2, 0.25) is 0 Å². The number of hydrogen-bond acceptors (Lipinski definition) is 5. The van der Waals surface area contributed by atoms with Crippen molar-refractivity contribution >= 4 is 0 Å². The third kappa shape index (κ3) is 3.14. The van der Waals surface area contributed by atoms with Crippen LogP contribution in [0.1, 0.15) is 18.5 Å². The molecular formula is C12H20N4O. The molecule has 0 aliphatic carbocycles. The number of rotatable bonds is 4. The smallest absolute Gasteiger partial charge is 0.236 e. The van der Waals surface area contributed by atoms with Crippen LogP contribution in [-0.4, -0.2) is 41.6 Å². The number of piperidine rings is 1. The van der Waals surface area contributed by atoms with Crippen LogP contribution in [0.5, 0.6) is 5.88 Å². The van der Waals surface area contributed by atoms with E-state index >= 15 is 0 Å². The molecule has 0 aromatic carbocycles. The molecule has 2 heterocycles. The first-order valence-electron chi connectivity index (χ1n) is 6.09. The van der Waals surface area contributed by atoms with Gasteiger partial charge in [0.05, 0.1) is 7.11 Å². The number of hydrogen-bond donors (Lipinski definition) is 1. The third-order valence-electron chi connectivity index (χ3n) is 3.34. The van der Waals surface area contributed by atoms with Crippen molar-refractivity contribution in [3.8, 4) is 5.88 Å². The molecular weight excluding hydrogens is 216 g/mol. The number of methoxy groups -OCH3 is 1. The van der Waals surface area contributed by atoms with Crippen LogP contribution in [-0.2, 0) is 6.54 Å². The number of aromatic nitrogens is 2. The van der Waals surface area contributed by atoms with Gasteiger partial charge in [-0.05, 0) is 38.4 Å². The molecule has 0 radical (unpaired) electrons. The van der Waals surface area contributed by atoms with Crippen molar-refractivity contribution in [2.75, 3.05) is 26.7 Å². The average Bonchev–Trinajstić information content (AvgIpc) is 2.40. The zero-order valence-corrected chi connectivity index (χ0v) is 10.3. The number of nitrogens with zero attached hydrogens (tertiary/aromatic N) is 3. The fourth-order valence-corrected chi connectivity index (χ4v) is 2.23. The molecule has 17 heavy (non-hydrogen) atoms. The quantitative estimate of drug-likeness (QED) is 0.832. The van der Waals surface area contributed by atoms with Gasteiger partial charge in [-0.3, -0.25) is 9.88 Å². The first-order valence-corrected chi connectivity index (χ1v) is 6.09. The first-order chi connectivity index (χ1) is 8.33. The maximum atomic E-state index is 5.69. The molecule has 2 N–H and O–H groups in total. The molecule has 1 saturated heterocycles. The number of ether oxygens (including phenoxy) is 1. The van der Waals surface area contributed by atoms with E-state index in [-0.39, 0.29) is 0 Å². The topological polar surface area (TPSA) is 64.3 Å². The molecule has 0 bridgehead atoms. The molecule has 5 nitrogen and oxygen atoms in total. The number of nitrogens with two attached hydrogens (primary N) is 1. The lowest BCUT2D eigenvalue weighted by Gasteiger charge is -2.31. The summed E-state index contributed by atoms with van der Waals surface area (Å²) in [7, 11) is 1.63. The van der Waals surface area contributed by atoms with Gasteiger partial charge in [-0.2, -0.15) is 0 Å². The summed E-state index contributed by atoms with van der Waals surface area (Å²) in [5.41, 5.74) is 6.60. The summed E-state index contributed by atoms with van der Waals surface area (Å²) in [6, 6.07) is 0. The lowest BCUT2D eigenvalue weighted by atomic mass is 9.97. The Labute approximate surface area is 102 Å². The number of likely N-dealkylation sites (tertiary alicyclic amines) is 1. The van der Waals surface area contributed by atoms with Gasteiger partial charge in [-0.1, -0.05) is 0 Å². The zero-order chi connectivity index (χ0) is 12.1. The van der Waals surface area contributed by atoms with Crippen molar-refractivity contribution < 1.29 is 4.74 Å². The molecule has 5 heteroatoms. The average molecular weight is 236 g/mol. The van der Waals surface area contributed by atoms with E-state index in [0.717, 1.165) is 31.9 Å². The van der Waals surface area contributed by atoms with E-state index in [1.165, 1.54) is 12.8 Å². The Bertz CT molecular complexity index is 350. The summed E-state index contributed by atoms with van der Waals surface area (Å²) in [5.74, 6) is 1.32. The standard InChI is InChI=1S/C12H20N4O/c1-17-12-11(14-4-5-15-12)9-16-6-2-10(8-13)3-7-16/h4-5,10H,2-3,6-9,13H2,1H3. The molecule has 0 amide bonds. The van der Waals surface area contributed by atoms with Crippen LogP contribution in [0, 0.1) is 5.92 Å². The minimum atomic E-state index is 0.633. The zero-order valence-electron chi connectivity index (χ0n) is 10.3. The monoisotopic (exact) mass is 236 g/mol. The summed E-state index contributed by atoms with van der Waals surface area (Å²) in [6.45, 7) is 3.79. The Morgan fingerprint density at radius 2 is 2.06 bits per heavy atom. The van der Waals surface area contributed by atoms with E-state index in [0.29, 0.717) is 11.8 Å². The second-order valence-corrected chi connectivity index (χ2v) is 4.47. The molecule has 1 aliphatic heterocycles. The Balaban J connectivity index is 1.93. The van der Waals surface area contributed by atoms with Crippen LogP contribution in [0.25, 0.3) is 0 Å². The Morgan fingerprint density at radius 3 is 2.71 bits per heavy atom. The molecule has 2 rings (SSSR count). The molecule has 0 saturated carbocycles. The second-order valence-electron chi connectivity index (χ2n) is 4.47. The van der Waals surface area contributed by atoms with Gasteiger partial charge in [-0.25, -0.2) is 4.98 Å². The van der Waals surface area contributed by atoms with Crippen LogP contribution >= 0.6 is 0 Å². The highest BCUT2D eigenvalue weighted by Gasteiger charge is 2.19. The fraction of sp³-hybridized carbons (Fsp3) is 0.667. The van der Waals surface area contributed by atoms with Gasteiger partial charge in [0.1, 0.15) is 5.69 Å². The van der Waals surface area contributed by atoms with Crippen LogP contribution < -0.4 is 10.5 Å². The van der Waals surface area contributed by atoms with Gasteiger partial charge in [-0.15, -0.1) is 0 Å². The fourth-order valence-electron chi connectivity index (χ4n) is 2.23. The summed E-state index contributed by atoms with van der Waals surface area (Å²) >= 11 is 0. The largest absolute Gasteiger partial charge is 0.480 e. The Hall–Kier alpha value is -1.20. The van der Waals surface area contributed by atoms with Crippen LogP contribution in [0.15, 0.2) is 12.4 Å². The minimum Gasteiger partial charge on any atom is -0.480 e. The molecule has 1 aromatic heterocycles. The lowest BCUT2D eigenvalue weighted by molar-refractivity contribution is 0.176. The van der Waals surface area contributed by atoms with Gasteiger partial charge >= 0.3 is 0 Å². The highest BCUT2D eigenvalue weighted by atomic mass is 16.5. The Kier molecular flexibility index (Phi) is 4.28. The van der Waals surface area contributed by atoms with E-state index < -0.39 is 0 Å². The molecule has 0 spiro atoms. The van der Waals surface area contributed by atoms with Crippen molar-refractivity contribution in [3.05, 3.63) is 18.1 Å². The van der Waals surface area contributed by atoms with E-state index in [1.807, 2.05) is 0 Å². The normalized spacial score (nSPS) is 18.2. The van der Waals surface area contributed by atoms with Gasteiger partial charge in [0, 0.05) is 18.9 Å². The minimum absolute atomic E-state index is 0.633. The van der Waals surface area contributed by atoms with Crippen molar-refractivity contribution in [3.63, 3.8) is 0 Å². The second kappa shape index (κ2) is 5.93. The predicted octanol–water partition coefficient (Wildman–Crippen LogP) is 0.656. The Morgan fingerprint density at radius 1 is 1.35 bits per heavy atom. The summed E-state index contributed by atoms with van der Waals surface area (Å²) in [4.78, 5) is 10.9. The van der Waals surface area contributed by atoms with Crippen molar-refractivity contribution in [1.29, 1.82) is 0 Å². The van der Waals surface area contributed by atoms with Gasteiger partial charge < -0.3 is 10.5 Å². The van der Waals surface area contributed by atoms with Crippen LogP contribution in [0.4, 0.5) is 0 Å². The maximum Gasteiger partial charge on any atom is 0.236 e. The highest BCUT2D eigenvalue weighted by Crippen LogP contribution is 2.19. The molecule has 1 aromatic rings. The molecule has 1 fully saturated rings. The van der Waals surface area contributed by atoms with Gasteiger partial charge in [0.2, 0.25) is 5.88 Å². The van der Waals surface area contributed by atoms with Gasteiger partial charge in [0.25, 0.3) is 0 Å². The van der Waals surface area contributed by atoms with Crippen molar-refractivity contribution in [1.82, 2.24) is 14.9 Å². The summed E-state index contributed by atoms with van der Waals surface area (Å²) in [6.07, 6.45) is 5.73. The summed E-state index contributed by atoms with van der Waals surface area (Å²) in [5, 5.41) is 0. The first kappa shape index (κ1) is 12.3. The third-order valence-corrected chi connectivity index (χ3v) is 3.34. The lowest BCUT2D eigenvalue weighted by Crippen LogP contribution is -2.35. The molecule has 1 aliphatic rings. The van der Waals surface area contributed by atoms with Crippen LogP contribution in [0.3, 0.4) is 0 Å². The molecule has 94 valence electrons. The molecule has 0 atom stereocenters. The van der Waals surface area contributed by atoms with E-state index in [4.69, 9.17) is 10.5 Å². The van der Waals surface area contributed by atoms with Crippen molar-refractivity contribution in [2.45, 2.75) is 19.4 Å². The molecule has 0 unspecified atom stereocenters. The van der Waals surface area contributed by atoms with Crippen molar-refractivity contribution in [2.24, 2.45) is 11.7 Å².